The summed E-state index contributed by atoms with van der Waals surface area (Å²) in [7, 11) is 1.58. The number of hydrogen-bond acceptors (Lipinski definition) is 5. The van der Waals surface area contributed by atoms with Gasteiger partial charge in [0.2, 0.25) is 0 Å². The molecular formula is C20H18ClN3O3. The number of pyridine rings is 1. The van der Waals surface area contributed by atoms with Crippen molar-refractivity contribution in [2.75, 3.05) is 13.7 Å². The average molecular weight is 384 g/mol. The molecule has 0 aliphatic rings. The van der Waals surface area contributed by atoms with Gasteiger partial charge in [0, 0.05) is 10.9 Å². The average Bonchev–Trinajstić information content (AvgIpc) is 2.67. The van der Waals surface area contributed by atoms with Crippen LogP contribution in [0.15, 0.2) is 53.6 Å². The Morgan fingerprint density at radius 2 is 1.93 bits per heavy atom. The molecule has 2 aromatic carbocycles. The van der Waals surface area contributed by atoms with Crippen LogP contribution < -0.4 is 14.9 Å². The van der Waals surface area contributed by atoms with Crippen LogP contribution >= 0.6 is 11.6 Å². The minimum Gasteiger partial charge on any atom is -0.497 e. The van der Waals surface area contributed by atoms with E-state index < -0.39 is 0 Å². The van der Waals surface area contributed by atoms with Gasteiger partial charge in [-0.05, 0) is 48.9 Å². The standard InChI is InChI=1S/C20H18ClN3O3/c1-13-3-4-14-10-15(20(21)23-18(14)9-13)11-22-24-19(25)12-27-17-7-5-16(26-2)6-8-17/h3-11H,12H2,1-2H3,(H,24,25)/b22-11+. The first-order valence-electron chi connectivity index (χ1n) is 8.21. The zero-order valence-electron chi connectivity index (χ0n) is 14.9. The predicted molar refractivity (Wildman–Crippen MR) is 106 cm³/mol. The van der Waals surface area contributed by atoms with E-state index in [-0.39, 0.29) is 12.5 Å². The van der Waals surface area contributed by atoms with E-state index in [4.69, 9.17) is 21.1 Å². The highest BCUT2D eigenvalue weighted by Crippen LogP contribution is 2.20. The first-order valence-corrected chi connectivity index (χ1v) is 8.58. The molecule has 1 amide bonds. The zero-order chi connectivity index (χ0) is 19.2. The number of rotatable bonds is 6. The summed E-state index contributed by atoms with van der Waals surface area (Å²) in [5.41, 5.74) is 4.94. The normalized spacial score (nSPS) is 10.9. The number of ether oxygens (including phenoxy) is 2. The summed E-state index contributed by atoms with van der Waals surface area (Å²) in [6.45, 7) is 1.83. The van der Waals surface area contributed by atoms with Crippen LogP contribution in [0.1, 0.15) is 11.1 Å². The lowest BCUT2D eigenvalue weighted by atomic mass is 10.1. The first kappa shape index (κ1) is 18.7. The van der Waals surface area contributed by atoms with Crippen LogP contribution in [-0.4, -0.2) is 30.8 Å². The molecule has 1 N–H and O–H groups in total. The number of benzene rings is 2. The number of nitrogens with one attached hydrogen (secondary N) is 1. The molecule has 0 fully saturated rings. The number of amides is 1. The van der Waals surface area contributed by atoms with E-state index in [9.17, 15) is 4.79 Å². The lowest BCUT2D eigenvalue weighted by molar-refractivity contribution is -0.123. The molecule has 138 valence electrons. The Kier molecular flexibility index (Phi) is 5.88. The molecule has 0 unspecified atom stereocenters. The molecule has 27 heavy (non-hydrogen) atoms. The lowest BCUT2D eigenvalue weighted by Crippen LogP contribution is -2.24. The third-order valence-corrected chi connectivity index (χ3v) is 4.08. The molecule has 0 atom stereocenters. The molecule has 0 saturated carbocycles. The van der Waals surface area contributed by atoms with E-state index in [0.717, 1.165) is 16.5 Å². The third kappa shape index (κ3) is 4.95. The van der Waals surface area contributed by atoms with Crippen molar-refractivity contribution in [2.45, 2.75) is 6.92 Å². The third-order valence-electron chi connectivity index (χ3n) is 3.78. The van der Waals surface area contributed by atoms with Crippen molar-refractivity contribution < 1.29 is 14.3 Å². The second-order valence-corrected chi connectivity index (χ2v) is 6.18. The van der Waals surface area contributed by atoms with Crippen LogP contribution in [-0.2, 0) is 4.79 Å². The molecular weight excluding hydrogens is 366 g/mol. The lowest BCUT2D eigenvalue weighted by Gasteiger charge is -2.06. The molecule has 1 aromatic heterocycles. The molecule has 0 aliphatic carbocycles. The second-order valence-electron chi connectivity index (χ2n) is 5.82. The molecule has 7 heteroatoms. The smallest absolute Gasteiger partial charge is 0.277 e. The highest BCUT2D eigenvalue weighted by atomic mass is 35.5. The first-order chi connectivity index (χ1) is 13.0. The summed E-state index contributed by atoms with van der Waals surface area (Å²) in [6, 6.07) is 14.7. The number of carbonyl (C=O) groups excluding carboxylic acids is 1. The van der Waals surface area contributed by atoms with Crippen LogP contribution in [0, 0.1) is 6.92 Å². The molecule has 3 rings (SSSR count). The van der Waals surface area contributed by atoms with Gasteiger partial charge < -0.3 is 9.47 Å². The van der Waals surface area contributed by atoms with Crippen molar-refractivity contribution in [3.8, 4) is 11.5 Å². The largest absolute Gasteiger partial charge is 0.497 e. The van der Waals surface area contributed by atoms with Gasteiger partial charge in [0.25, 0.3) is 5.91 Å². The van der Waals surface area contributed by atoms with E-state index in [1.165, 1.54) is 6.21 Å². The van der Waals surface area contributed by atoms with Gasteiger partial charge in [0.1, 0.15) is 16.7 Å². The monoisotopic (exact) mass is 383 g/mol. The number of nitrogens with zero attached hydrogens (tertiary/aromatic N) is 2. The molecule has 6 nitrogen and oxygen atoms in total. The minimum atomic E-state index is -0.387. The van der Waals surface area contributed by atoms with Gasteiger partial charge in [-0.25, -0.2) is 10.4 Å². The molecule has 0 saturated heterocycles. The summed E-state index contributed by atoms with van der Waals surface area (Å²) in [6.07, 6.45) is 1.46. The highest BCUT2D eigenvalue weighted by Gasteiger charge is 2.05. The number of carbonyl (C=O) groups is 1. The summed E-state index contributed by atoms with van der Waals surface area (Å²) in [5, 5.41) is 5.18. The Balaban J connectivity index is 1.57. The van der Waals surface area contributed by atoms with Gasteiger partial charge in [-0.3, -0.25) is 4.79 Å². The summed E-state index contributed by atoms with van der Waals surface area (Å²) in [5.74, 6) is 0.891. The maximum Gasteiger partial charge on any atom is 0.277 e. The van der Waals surface area contributed by atoms with E-state index >= 15 is 0 Å². The fourth-order valence-corrected chi connectivity index (χ4v) is 2.58. The topological polar surface area (TPSA) is 72.8 Å². The van der Waals surface area contributed by atoms with Gasteiger partial charge in [0.15, 0.2) is 6.61 Å². The Morgan fingerprint density at radius 3 is 2.67 bits per heavy atom. The van der Waals surface area contributed by atoms with Crippen LogP contribution in [0.2, 0.25) is 5.15 Å². The Morgan fingerprint density at radius 1 is 1.19 bits per heavy atom. The quantitative estimate of drug-likeness (QED) is 0.400. The van der Waals surface area contributed by atoms with Gasteiger partial charge in [-0.15, -0.1) is 0 Å². The highest BCUT2D eigenvalue weighted by molar-refractivity contribution is 6.32. The van der Waals surface area contributed by atoms with E-state index in [1.54, 1.807) is 31.4 Å². The molecule has 1 heterocycles. The molecule has 0 radical (unpaired) electrons. The maximum atomic E-state index is 11.8. The van der Waals surface area contributed by atoms with Crippen molar-refractivity contribution in [1.29, 1.82) is 0 Å². The fraction of sp³-hybridized carbons (Fsp3) is 0.150. The number of aryl methyl sites for hydroxylation is 1. The van der Waals surface area contributed by atoms with Crippen molar-refractivity contribution in [1.82, 2.24) is 10.4 Å². The van der Waals surface area contributed by atoms with Crippen LogP contribution in [0.25, 0.3) is 10.9 Å². The number of hydrazone groups is 1. The van der Waals surface area contributed by atoms with Crippen molar-refractivity contribution in [3.05, 3.63) is 64.8 Å². The Hall–Kier alpha value is -3.12. The molecule has 0 aliphatic heterocycles. The predicted octanol–water partition coefficient (Wildman–Crippen LogP) is 3.73. The number of halogens is 1. The SMILES string of the molecule is COc1ccc(OCC(=O)N/N=C/c2cc3ccc(C)cc3nc2Cl)cc1. The van der Waals surface area contributed by atoms with Gasteiger partial charge in [-0.2, -0.15) is 5.10 Å². The van der Waals surface area contributed by atoms with Crippen LogP contribution in [0.4, 0.5) is 0 Å². The molecule has 3 aromatic rings. The Labute approximate surface area is 161 Å². The van der Waals surface area contributed by atoms with Crippen LogP contribution in [0.5, 0.6) is 11.5 Å². The van der Waals surface area contributed by atoms with E-state index in [0.29, 0.717) is 22.2 Å². The summed E-state index contributed by atoms with van der Waals surface area (Å²) < 4.78 is 10.4. The maximum absolute atomic E-state index is 11.8. The van der Waals surface area contributed by atoms with Gasteiger partial charge in [0.05, 0.1) is 18.8 Å². The number of aromatic nitrogens is 1. The van der Waals surface area contributed by atoms with E-state index in [2.05, 4.69) is 15.5 Å². The number of hydrogen-bond donors (Lipinski definition) is 1. The molecule has 0 bridgehead atoms. The van der Waals surface area contributed by atoms with Crippen LogP contribution in [0.3, 0.4) is 0 Å². The van der Waals surface area contributed by atoms with Gasteiger partial charge >= 0.3 is 0 Å². The Bertz CT molecular complexity index is 988. The van der Waals surface area contributed by atoms with Crippen molar-refractivity contribution in [2.24, 2.45) is 5.10 Å². The number of fused-ring (bicyclic) bond motifs is 1. The zero-order valence-corrected chi connectivity index (χ0v) is 15.7. The van der Waals surface area contributed by atoms with Gasteiger partial charge in [-0.1, -0.05) is 23.7 Å². The second kappa shape index (κ2) is 8.51. The minimum absolute atomic E-state index is 0.160. The van der Waals surface area contributed by atoms with Crippen molar-refractivity contribution in [3.63, 3.8) is 0 Å². The summed E-state index contributed by atoms with van der Waals surface area (Å²) in [4.78, 5) is 16.2. The summed E-state index contributed by atoms with van der Waals surface area (Å²) >= 11 is 6.19. The fourth-order valence-electron chi connectivity index (χ4n) is 2.39. The molecule has 0 spiro atoms. The van der Waals surface area contributed by atoms with E-state index in [1.807, 2.05) is 31.2 Å². The number of methoxy groups -OCH3 is 1. The van der Waals surface area contributed by atoms with Crippen molar-refractivity contribution >= 4 is 34.6 Å².